The van der Waals surface area contributed by atoms with Crippen molar-refractivity contribution in [1.82, 2.24) is 25.3 Å². The average molecular weight is 322 g/mol. The van der Waals surface area contributed by atoms with E-state index in [0.717, 1.165) is 37.7 Å². The highest BCUT2D eigenvalue weighted by molar-refractivity contribution is 6.29. The second-order valence-corrected chi connectivity index (χ2v) is 5.88. The predicted octanol–water partition coefficient (Wildman–Crippen LogP) is 1.01. The quantitative estimate of drug-likeness (QED) is 0.806. The van der Waals surface area contributed by atoms with Gasteiger partial charge in [0.25, 0.3) is 0 Å². The molecule has 0 aromatic carbocycles. The zero-order valence-electron chi connectivity index (χ0n) is 12.8. The predicted molar refractivity (Wildman–Crippen MR) is 88.3 cm³/mol. The van der Waals surface area contributed by atoms with E-state index in [1.165, 1.54) is 0 Å². The van der Waals surface area contributed by atoms with Crippen LogP contribution in [-0.2, 0) is 0 Å². The first-order chi connectivity index (χ1) is 10.6. The molecular formula is C14H20ClN7. The fourth-order valence-corrected chi connectivity index (χ4v) is 2.67. The van der Waals surface area contributed by atoms with Gasteiger partial charge in [0, 0.05) is 39.4 Å². The van der Waals surface area contributed by atoms with Gasteiger partial charge in [-0.2, -0.15) is 0 Å². The fourth-order valence-electron chi connectivity index (χ4n) is 2.42. The van der Waals surface area contributed by atoms with Gasteiger partial charge in [0.05, 0.1) is 18.1 Å². The van der Waals surface area contributed by atoms with Crippen molar-refractivity contribution in [3.63, 3.8) is 0 Å². The number of aromatic nitrogens is 2. The van der Waals surface area contributed by atoms with Crippen molar-refractivity contribution in [3.8, 4) is 0 Å². The smallest absolute Gasteiger partial charge is 0.149 e. The lowest BCUT2D eigenvalue weighted by Crippen LogP contribution is -2.44. The minimum absolute atomic E-state index is 0.550. The van der Waals surface area contributed by atoms with Crippen molar-refractivity contribution in [2.24, 2.45) is 0 Å². The lowest BCUT2D eigenvalue weighted by atomic mass is 10.3. The highest BCUT2D eigenvalue weighted by Gasteiger charge is 2.15. The molecule has 0 saturated carbocycles. The third kappa shape index (κ3) is 3.61. The Labute approximate surface area is 135 Å². The Morgan fingerprint density at radius 3 is 2.55 bits per heavy atom. The Hall–Kier alpha value is -1.99. The summed E-state index contributed by atoms with van der Waals surface area (Å²) in [6.07, 6.45) is 7.25. The second kappa shape index (κ2) is 6.41. The molecule has 0 atom stereocenters. The molecule has 118 valence electrons. The summed E-state index contributed by atoms with van der Waals surface area (Å²) in [5.41, 5.74) is 3.80. The highest BCUT2D eigenvalue weighted by Crippen LogP contribution is 2.16. The van der Waals surface area contributed by atoms with E-state index in [1.807, 2.05) is 19.4 Å². The molecule has 1 saturated heterocycles. The number of anilines is 2. The normalized spacial score (nSPS) is 19.4. The molecule has 0 bridgehead atoms. The summed E-state index contributed by atoms with van der Waals surface area (Å²) in [5, 5.41) is 5.52. The molecular weight excluding hydrogens is 302 g/mol. The van der Waals surface area contributed by atoms with E-state index in [-0.39, 0.29) is 0 Å². The van der Waals surface area contributed by atoms with Gasteiger partial charge in [0.2, 0.25) is 0 Å². The molecule has 7 nitrogen and oxygen atoms in total. The molecule has 0 radical (unpaired) electrons. The monoisotopic (exact) mass is 321 g/mol. The Balaban J connectivity index is 1.65. The topological polar surface area (TPSA) is 59.6 Å². The molecule has 3 heterocycles. The molecule has 2 aliphatic rings. The van der Waals surface area contributed by atoms with Crippen molar-refractivity contribution in [1.29, 1.82) is 0 Å². The van der Waals surface area contributed by atoms with Gasteiger partial charge in [0.1, 0.15) is 16.8 Å². The first-order valence-electron chi connectivity index (χ1n) is 7.21. The van der Waals surface area contributed by atoms with Crippen LogP contribution in [0.3, 0.4) is 0 Å². The SMILES string of the molecule is CN1CCN(c2cnc(NC3=CN(C)NC(Cl)=C3)cn2)CC1. The number of hydrogen-bond donors (Lipinski definition) is 2. The molecule has 3 rings (SSSR count). The molecule has 1 aromatic rings. The van der Waals surface area contributed by atoms with E-state index < -0.39 is 0 Å². The number of rotatable bonds is 3. The van der Waals surface area contributed by atoms with Gasteiger partial charge in [0.15, 0.2) is 0 Å². The summed E-state index contributed by atoms with van der Waals surface area (Å²) >= 11 is 5.99. The number of piperazine rings is 1. The Bertz CT molecular complexity index is 575. The number of nitrogens with zero attached hydrogens (tertiary/aromatic N) is 5. The van der Waals surface area contributed by atoms with Crippen LogP contribution >= 0.6 is 11.6 Å². The lowest BCUT2D eigenvalue weighted by molar-refractivity contribution is 0.312. The van der Waals surface area contributed by atoms with Gasteiger partial charge in [-0.15, -0.1) is 0 Å². The zero-order valence-corrected chi connectivity index (χ0v) is 13.5. The van der Waals surface area contributed by atoms with Gasteiger partial charge in [-0.1, -0.05) is 11.6 Å². The van der Waals surface area contributed by atoms with Crippen LogP contribution in [0, 0.1) is 0 Å². The molecule has 0 amide bonds. The van der Waals surface area contributed by atoms with E-state index in [9.17, 15) is 0 Å². The minimum Gasteiger partial charge on any atom is -0.353 e. The van der Waals surface area contributed by atoms with E-state index >= 15 is 0 Å². The lowest BCUT2D eigenvalue weighted by Gasteiger charge is -2.32. The van der Waals surface area contributed by atoms with Crippen LogP contribution in [0.2, 0.25) is 0 Å². The molecule has 0 aliphatic carbocycles. The molecule has 22 heavy (non-hydrogen) atoms. The van der Waals surface area contributed by atoms with Gasteiger partial charge >= 0.3 is 0 Å². The van der Waals surface area contributed by atoms with Crippen LogP contribution in [0.25, 0.3) is 0 Å². The second-order valence-electron chi connectivity index (χ2n) is 5.47. The molecule has 2 aliphatic heterocycles. The van der Waals surface area contributed by atoms with Crippen molar-refractivity contribution < 1.29 is 0 Å². The van der Waals surface area contributed by atoms with Gasteiger partial charge < -0.3 is 15.1 Å². The molecule has 1 fully saturated rings. The van der Waals surface area contributed by atoms with Crippen LogP contribution in [0.5, 0.6) is 0 Å². The summed E-state index contributed by atoms with van der Waals surface area (Å²) in [5.74, 6) is 1.61. The summed E-state index contributed by atoms with van der Waals surface area (Å²) in [7, 11) is 4.01. The number of likely N-dealkylation sites (N-methyl/N-ethyl adjacent to an activating group) is 1. The Morgan fingerprint density at radius 1 is 1.14 bits per heavy atom. The first-order valence-corrected chi connectivity index (χ1v) is 7.59. The standard InChI is InChI=1S/C14H20ClN7/c1-20-3-5-22(6-4-20)14-9-16-13(8-17-14)18-11-7-12(15)19-21(2)10-11/h7-10,19H,3-6H2,1-2H3,(H,16,18). The molecule has 0 spiro atoms. The van der Waals surface area contributed by atoms with E-state index in [4.69, 9.17) is 11.6 Å². The average Bonchev–Trinajstić information content (AvgIpc) is 2.48. The number of halogens is 1. The third-order valence-corrected chi connectivity index (χ3v) is 3.83. The summed E-state index contributed by atoms with van der Waals surface area (Å²) in [6.45, 7) is 4.07. The number of hydrazine groups is 1. The van der Waals surface area contributed by atoms with Crippen LogP contribution in [0.4, 0.5) is 11.6 Å². The molecule has 0 unspecified atom stereocenters. The van der Waals surface area contributed by atoms with E-state index in [0.29, 0.717) is 11.0 Å². The van der Waals surface area contributed by atoms with Crippen molar-refractivity contribution in [2.45, 2.75) is 0 Å². The van der Waals surface area contributed by atoms with Crippen LogP contribution in [0.15, 0.2) is 35.5 Å². The molecule has 1 aromatic heterocycles. The highest BCUT2D eigenvalue weighted by atomic mass is 35.5. The minimum atomic E-state index is 0.550. The number of allylic oxidation sites excluding steroid dienone is 1. The van der Waals surface area contributed by atoms with Gasteiger partial charge in [-0.05, 0) is 13.1 Å². The van der Waals surface area contributed by atoms with Gasteiger partial charge in [-0.3, -0.25) is 10.4 Å². The summed E-state index contributed by atoms with van der Waals surface area (Å²) in [4.78, 5) is 13.5. The first kappa shape index (κ1) is 14.9. The third-order valence-electron chi connectivity index (χ3n) is 3.64. The van der Waals surface area contributed by atoms with Crippen LogP contribution in [-0.4, -0.2) is 60.2 Å². The fraction of sp³-hybridized carbons (Fsp3) is 0.429. The summed E-state index contributed by atoms with van der Waals surface area (Å²) in [6, 6.07) is 0. The van der Waals surface area contributed by atoms with Crippen LogP contribution in [0.1, 0.15) is 0 Å². The molecule has 8 heteroatoms. The summed E-state index contributed by atoms with van der Waals surface area (Å²) < 4.78 is 0. The van der Waals surface area contributed by atoms with Crippen LogP contribution < -0.4 is 15.6 Å². The maximum absolute atomic E-state index is 5.99. The van der Waals surface area contributed by atoms with Crippen molar-refractivity contribution >= 4 is 23.2 Å². The largest absolute Gasteiger partial charge is 0.353 e. The zero-order chi connectivity index (χ0) is 15.5. The van der Waals surface area contributed by atoms with Crippen molar-refractivity contribution in [2.75, 3.05) is 50.5 Å². The van der Waals surface area contributed by atoms with E-state index in [1.54, 1.807) is 17.3 Å². The number of nitrogens with one attached hydrogen (secondary N) is 2. The maximum atomic E-state index is 5.99. The van der Waals surface area contributed by atoms with E-state index in [2.05, 4.69) is 37.6 Å². The molecule has 2 N–H and O–H groups in total. The Morgan fingerprint density at radius 2 is 1.91 bits per heavy atom. The van der Waals surface area contributed by atoms with Crippen molar-refractivity contribution in [3.05, 3.63) is 35.5 Å². The Kier molecular flexibility index (Phi) is 4.35. The maximum Gasteiger partial charge on any atom is 0.149 e. The van der Waals surface area contributed by atoms with Gasteiger partial charge in [-0.25, -0.2) is 9.97 Å². The number of hydrogen-bond acceptors (Lipinski definition) is 7.